The zero-order chi connectivity index (χ0) is 13.9. The van der Waals surface area contributed by atoms with E-state index in [2.05, 4.69) is 0 Å². The van der Waals surface area contributed by atoms with Crippen molar-refractivity contribution in [1.82, 2.24) is 0 Å². The van der Waals surface area contributed by atoms with E-state index in [0.717, 1.165) is 6.92 Å². The van der Waals surface area contributed by atoms with Crippen LogP contribution in [0.15, 0.2) is 24.3 Å². The predicted octanol–water partition coefficient (Wildman–Crippen LogP) is 0.709. The smallest absolute Gasteiger partial charge is 0.321 e. The fourth-order valence-electron chi connectivity index (χ4n) is 1.28. The molecule has 7 heteroatoms. The van der Waals surface area contributed by atoms with Crippen molar-refractivity contribution in [2.75, 3.05) is 0 Å². The van der Waals surface area contributed by atoms with E-state index in [1.165, 1.54) is 0 Å². The predicted molar refractivity (Wildman–Crippen MR) is 72.1 cm³/mol. The van der Waals surface area contributed by atoms with Crippen LogP contribution < -0.4 is 5.73 Å². The molecular formula is C11H13NO4S2. The molecule has 0 fully saturated rings. The van der Waals surface area contributed by atoms with Crippen molar-refractivity contribution < 1.29 is 18.3 Å². The van der Waals surface area contributed by atoms with Gasteiger partial charge in [0.15, 0.2) is 15.1 Å². The van der Waals surface area contributed by atoms with Crippen LogP contribution in [0.2, 0.25) is 0 Å². The Morgan fingerprint density at radius 1 is 1.39 bits per heavy atom. The summed E-state index contributed by atoms with van der Waals surface area (Å²) < 4.78 is 23.5. The zero-order valence-electron chi connectivity index (χ0n) is 9.66. The highest BCUT2D eigenvalue weighted by Gasteiger charge is 2.27. The second kappa shape index (κ2) is 5.45. The summed E-state index contributed by atoms with van der Waals surface area (Å²) in [6.45, 7) is 1.15. The Labute approximate surface area is 111 Å². The van der Waals surface area contributed by atoms with E-state index in [-0.39, 0.29) is 10.7 Å². The number of aliphatic carboxylic acids is 1. The number of nitrogens with two attached hydrogens (primary N) is 1. The number of sulfone groups is 1. The third kappa shape index (κ3) is 3.51. The summed E-state index contributed by atoms with van der Waals surface area (Å²) >= 11 is 4.77. The van der Waals surface area contributed by atoms with E-state index >= 15 is 0 Å². The van der Waals surface area contributed by atoms with Crippen molar-refractivity contribution in [2.24, 2.45) is 5.73 Å². The van der Waals surface area contributed by atoms with Crippen molar-refractivity contribution in [3.8, 4) is 0 Å². The molecule has 1 rings (SSSR count). The number of thiocarbonyl (C=S) groups is 1. The molecule has 0 spiro atoms. The first kappa shape index (κ1) is 14.6. The standard InChI is InChI=1S/C11H13NO4S2/c1-7(11(13)14)18(15,16)6-8-2-4-9(5-3-8)10(12)17/h2-5,7H,6H2,1H3,(H2,12,17)(H,13,14). The molecule has 1 unspecified atom stereocenters. The van der Waals surface area contributed by atoms with Crippen LogP contribution in [-0.4, -0.2) is 29.7 Å². The van der Waals surface area contributed by atoms with Crippen molar-refractivity contribution in [1.29, 1.82) is 0 Å². The first-order chi connectivity index (χ1) is 8.24. The van der Waals surface area contributed by atoms with Crippen LogP contribution in [0, 0.1) is 0 Å². The van der Waals surface area contributed by atoms with E-state index in [1.807, 2.05) is 0 Å². The maximum atomic E-state index is 11.7. The molecule has 0 radical (unpaired) electrons. The molecule has 0 saturated carbocycles. The van der Waals surface area contributed by atoms with E-state index < -0.39 is 21.1 Å². The normalized spacial score (nSPS) is 12.9. The summed E-state index contributed by atoms with van der Waals surface area (Å²) in [5.41, 5.74) is 6.55. The number of carbonyl (C=O) groups is 1. The van der Waals surface area contributed by atoms with Gasteiger partial charge in [0, 0.05) is 5.56 Å². The highest BCUT2D eigenvalue weighted by molar-refractivity contribution is 7.92. The largest absolute Gasteiger partial charge is 0.480 e. The SMILES string of the molecule is CC(C(=O)O)S(=O)(=O)Cc1ccc(C(N)=S)cc1. The summed E-state index contributed by atoms with van der Waals surface area (Å²) in [5.74, 6) is -1.67. The molecule has 0 saturated heterocycles. The van der Waals surface area contributed by atoms with Crippen molar-refractivity contribution >= 4 is 33.0 Å². The first-order valence-electron chi connectivity index (χ1n) is 5.07. The summed E-state index contributed by atoms with van der Waals surface area (Å²) in [7, 11) is -3.71. The molecule has 0 heterocycles. The van der Waals surface area contributed by atoms with Gasteiger partial charge in [0.2, 0.25) is 0 Å². The van der Waals surface area contributed by atoms with Crippen LogP contribution in [0.5, 0.6) is 0 Å². The number of hydrogen-bond acceptors (Lipinski definition) is 4. The summed E-state index contributed by atoms with van der Waals surface area (Å²) in [5, 5.41) is 7.28. The maximum absolute atomic E-state index is 11.7. The Morgan fingerprint density at radius 2 is 1.89 bits per heavy atom. The lowest BCUT2D eigenvalue weighted by Gasteiger charge is -2.08. The molecule has 1 atom stereocenters. The minimum atomic E-state index is -3.71. The number of carboxylic acids is 1. The van der Waals surface area contributed by atoms with Crippen LogP contribution >= 0.6 is 12.2 Å². The molecular weight excluding hydrogens is 274 g/mol. The van der Waals surface area contributed by atoms with Crippen LogP contribution in [0.3, 0.4) is 0 Å². The lowest BCUT2D eigenvalue weighted by Crippen LogP contribution is -2.28. The Bertz CT molecular complexity index is 563. The second-order valence-corrected chi connectivity index (χ2v) is 6.61. The minimum Gasteiger partial charge on any atom is -0.480 e. The van der Waals surface area contributed by atoms with Gasteiger partial charge >= 0.3 is 5.97 Å². The van der Waals surface area contributed by atoms with Crippen LogP contribution in [0.25, 0.3) is 0 Å². The average molecular weight is 287 g/mol. The summed E-state index contributed by atoms with van der Waals surface area (Å²) in [6.07, 6.45) is 0. The van der Waals surface area contributed by atoms with Crippen LogP contribution in [-0.2, 0) is 20.4 Å². The van der Waals surface area contributed by atoms with Gasteiger partial charge in [-0.3, -0.25) is 4.79 Å². The van der Waals surface area contributed by atoms with Crippen molar-refractivity contribution in [2.45, 2.75) is 17.9 Å². The van der Waals surface area contributed by atoms with Crippen molar-refractivity contribution in [3.63, 3.8) is 0 Å². The molecule has 0 aromatic heterocycles. The first-order valence-corrected chi connectivity index (χ1v) is 7.19. The van der Waals surface area contributed by atoms with Gasteiger partial charge in [0.1, 0.15) is 4.99 Å². The molecule has 18 heavy (non-hydrogen) atoms. The number of carboxylic acid groups (broad SMARTS) is 1. The Kier molecular flexibility index (Phi) is 4.42. The molecule has 0 aliphatic carbocycles. The van der Waals surface area contributed by atoms with Crippen molar-refractivity contribution in [3.05, 3.63) is 35.4 Å². The third-order valence-electron chi connectivity index (χ3n) is 2.49. The van der Waals surface area contributed by atoms with E-state index in [0.29, 0.717) is 11.1 Å². The molecule has 1 aromatic rings. The van der Waals surface area contributed by atoms with Gasteiger partial charge in [-0.2, -0.15) is 0 Å². The molecule has 98 valence electrons. The highest BCUT2D eigenvalue weighted by atomic mass is 32.2. The number of benzene rings is 1. The zero-order valence-corrected chi connectivity index (χ0v) is 11.3. The fourth-order valence-corrected chi connectivity index (χ4v) is 2.63. The monoisotopic (exact) mass is 287 g/mol. The Morgan fingerprint density at radius 3 is 2.28 bits per heavy atom. The molecule has 1 aromatic carbocycles. The van der Waals surface area contributed by atoms with Crippen LogP contribution in [0.4, 0.5) is 0 Å². The third-order valence-corrected chi connectivity index (χ3v) is 4.74. The molecule has 0 aliphatic rings. The molecule has 0 aliphatic heterocycles. The number of hydrogen-bond donors (Lipinski definition) is 2. The average Bonchev–Trinajstić information content (AvgIpc) is 2.28. The van der Waals surface area contributed by atoms with E-state index in [4.69, 9.17) is 23.1 Å². The van der Waals surface area contributed by atoms with Gasteiger partial charge in [0.25, 0.3) is 0 Å². The molecule has 0 bridgehead atoms. The molecule has 0 amide bonds. The maximum Gasteiger partial charge on any atom is 0.321 e. The van der Waals surface area contributed by atoms with Crippen LogP contribution in [0.1, 0.15) is 18.1 Å². The van der Waals surface area contributed by atoms with E-state index in [1.54, 1.807) is 24.3 Å². The minimum absolute atomic E-state index is 0.225. The molecule has 3 N–H and O–H groups in total. The lowest BCUT2D eigenvalue weighted by atomic mass is 10.1. The van der Waals surface area contributed by atoms with Gasteiger partial charge in [-0.1, -0.05) is 36.5 Å². The van der Waals surface area contributed by atoms with Gasteiger partial charge in [-0.15, -0.1) is 0 Å². The second-order valence-electron chi connectivity index (χ2n) is 3.85. The Hall–Kier alpha value is -1.47. The lowest BCUT2D eigenvalue weighted by molar-refractivity contribution is -0.136. The van der Waals surface area contributed by atoms with Gasteiger partial charge in [-0.25, -0.2) is 8.42 Å². The number of rotatable bonds is 5. The highest BCUT2D eigenvalue weighted by Crippen LogP contribution is 2.12. The molecule has 5 nitrogen and oxygen atoms in total. The quantitative estimate of drug-likeness (QED) is 0.774. The van der Waals surface area contributed by atoms with Gasteiger partial charge in [0.05, 0.1) is 5.75 Å². The van der Waals surface area contributed by atoms with Gasteiger partial charge < -0.3 is 10.8 Å². The van der Waals surface area contributed by atoms with E-state index in [9.17, 15) is 13.2 Å². The fraction of sp³-hybridized carbons (Fsp3) is 0.273. The summed E-state index contributed by atoms with van der Waals surface area (Å²) in [4.78, 5) is 10.9. The van der Waals surface area contributed by atoms with Gasteiger partial charge in [-0.05, 0) is 12.5 Å². The Balaban J connectivity index is 2.92. The topological polar surface area (TPSA) is 97.5 Å². The summed E-state index contributed by atoms with van der Waals surface area (Å²) in [6, 6.07) is 6.36.